The number of nitrogens with zero attached hydrogens (tertiary/aromatic N) is 5. The molecule has 0 bridgehead atoms. The van der Waals surface area contributed by atoms with Crippen molar-refractivity contribution >= 4 is 5.69 Å². The van der Waals surface area contributed by atoms with Crippen molar-refractivity contribution in [3.8, 4) is 17.2 Å². The van der Waals surface area contributed by atoms with Gasteiger partial charge in [0.1, 0.15) is 11.8 Å². The SMILES string of the molecule is CC[C@H](c1nnnn1Cc1ccc2c(c1)OCO2)[NH+]1CCN(c2ccc(OC)cc2)CC1. The second-order valence-electron chi connectivity index (χ2n) is 8.19. The Morgan fingerprint density at radius 2 is 1.84 bits per heavy atom. The first kappa shape index (κ1) is 20.6. The summed E-state index contributed by atoms with van der Waals surface area (Å²) in [5.41, 5.74) is 2.34. The first-order chi connectivity index (χ1) is 15.7. The molecular weight excluding hydrogens is 408 g/mol. The second-order valence-corrected chi connectivity index (χ2v) is 8.19. The van der Waals surface area contributed by atoms with Crippen molar-refractivity contribution in [2.24, 2.45) is 0 Å². The smallest absolute Gasteiger partial charge is 0.231 e. The lowest BCUT2D eigenvalue weighted by Gasteiger charge is -2.36. The van der Waals surface area contributed by atoms with Gasteiger partial charge in [-0.1, -0.05) is 13.0 Å². The van der Waals surface area contributed by atoms with Crippen molar-refractivity contribution in [1.29, 1.82) is 0 Å². The molecule has 0 unspecified atom stereocenters. The number of aromatic nitrogens is 4. The third kappa shape index (κ3) is 4.08. The van der Waals surface area contributed by atoms with E-state index in [2.05, 4.69) is 39.5 Å². The van der Waals surface area contributed by atoms with Crippen LogP contribution in [0.4, 0.5) is 5.69 Å². The summed E-state index contributed by atoms with van der Waals surface area (Å²) in [6, 6.07) is 14.6. The molecule has 0 radical (unpaired) electrons. The van der Waals surface area contributed by atoms with Crippen molar-refractivity contribution in [3.63, 3.8) is 0 Å². The van der Waals surface area contributed by atoms with Gasteiger partial charge in [0, 0.05) is 12.1 Å². The molecular formula is C23H29N6O3+. The highest BCUT2D eigenvalue weighted by molar-refractivity contribution is 5.49. The van der Waals surface area contributed by atoms with Crippen LogP contribution in [0.15, 0.2) is 42.5 Å². The van der Waals surface area contributed by atoms with Crippen LogP contribution >= 0.6 is 0 Å². The Hall–Kier alpha value is -3.33. The summed E-state index contributed by atoms with van der Waals surface area (Å²) in [5, 5.41) is 12.7. The van der Waals surface area contributed by atoms with E-state index in [1.54, 1.807) is 7.11 Å². The summed E-state index contributed by atoms with van der Waals surface area (Å²) in [4.78, 5) is 3.96. The maximum absolute atomic E-state index is 5.51. The summed E-state index contributed by atoms with van der Waals surface area (Å²) in [5.74, 6) is 3.40. The highest BCUT2D eigenvalue weighted by atomic mass is 16.7. The van der Waals surface area contributed by atoms with Crippen LogP contribution in [0.3, 0.4) is 0 Å². The van der Waals surface area contributed by atoms with E-state index in [9.17, 15) is 0 Å². The molecule has 32 heavy (non-hydrogen) atoms. The van der Waals surface area contributed by atoms with Crippen LogP contribution in [0.1, 0.15) is 30.8 Å². The monoisotopic (exact) mass is 437 g/mol. The zero-order valence-electron chi connectivity index (χ0n) is 18.5. The molecule has 9 heteroatoms. The molecule has 168 valence electrons. The quantitative estimate of drug-likeness (QED) is 0.597. The average molecular weight is 438 g/mol. The van der Waals surface area contributed by atoms with Crippen molar-refractivity contribution < 1.29 is 19.1 Å². The predicted octanol–water partition coefficient (Wildman–Crippen LogP) is 1.31. The van der Waals surface area contributed by atoms with E-state index in [0.29, 0.717) is 6.54 Å². The normalized spacial score (nSPS) is 16.9. The summed E-state index contributed by atoms with van der Waals surface area (Å²) in [7, 11) is 1.70. The molecule has 9 nitrogen and oxygen atoms in total. The number of nitrogens with one attached hydrogen (secondary N) is 1. The summed E-state index contributed by atoms with van der Waals surface area (Å²) < 4.78 is 18.1. The van der Waals surface area contributed by atoms with E-state index in [-0.39, 0.29) is 12.8 Å². The molecule has 1 saturated heterocycles. The number of ether oxygens (including phenoxy) is 3. The molecule has 0 aliphatic carbocycles. The molecule has 3 aromatic rings. The molecule has 0 amide bonds. The second kappa shape index (κ2) is 9.04. The molecule has 2 aromatic carbocycles. The van der Waals surface area contributed by atoms with Crippen molar-refractivity contribution in [2.75, 3.05) is 45.0 Å². The predicted molar refractivity (Wildman–Crippen MR) is 118 cm³/mol. The fourth-order valence-electron chi connectivity index (χ4n) is 4.63. The molecule has 3 heterocycles. The van der Waals surface area contributed by atoms with Gasteiger partial charge in [-0.15, -0.1) is 5.10 Å². The topological polar surface area (TPSA) is 79.0 Å². The van der Waals surface area contributed by atoms with E-state index in [4.69, 9.17) is 14.2 Å². The number of quaternary nitrogens is 1. The van der Waals surface area contributed by atoms with Gasteiger partial charge in [0.15, 0.2) is 11.5 Å². The standard InChI is InChI=1S/C23H28N6O3/c1-3-20(28-12-10-27(11-13-28)18-5-7-19(30-2)8-6-18)23-24-25-26-29(23)15-17-4-9-21-22(14-17)32-16-31-21/h4-9,14,20H,3,10-13,15-16H2,1-2H3/p+1/t20-/m1/s1. The molecule has 5 rings (SSSR count). The van der Waals surface area contributed by atoms with Crippen LogP contribution in [0.25, 0.3) is 0 Å². The Balaban J connectivity index is 1.26. The fourth-order valence-corrected chi connectivity index (χ4v) is 4.63. The molecule has 1 aromatic heterocycles. The van der Waals surface area contributed by atoms with E-state index in [1.165, 1.54) is 10.6 Å². The maximum Gasteiger partial charge on any atom is 0.231 e. The van der Waals surface area contributed by atoms with Crippen molar-refractivity contribution in [2.45, 2.75) is 25.9 Å². The zero-order chi connectivity index (χ0) is 21.9. The Morgan fingerprint density at radius 3 is 2.59 bits per heavy atom. The number of hydrogen-bond acceptors (Lipinski definition) is 7. The molecule has 0 spiro atoms. The lowest BCUT2D eigenvalue weighted by atomic mass is 10.1. The largest absolute Gasteiger partial charge is 0.497 e. The van der Waals surface area contributed by atoms with Gasteiger partial charge in [0.05, 0.1) is 39.8 Å². The molecule has 1 atom stereocenters. The van der Waals surface area contributed by atoms with Crippen molar-refractivity contribution in [3.05, 3.63) is 53.9 Å². The van der Waals surface area contributed by atoms with Gasteiger partial charge >= 0.3 is 0 Å². The molecule has 1 fully saturated rings. The number of tetrazole rings is 1. The minimum Gasteiger partial charge on any atom is -0.497 e. The molecule has 2 aliphatic rings. The number of anilines is 1. The molecule has 0 saturated carbocycles. The maximum atomic E-state index is 5.51. The van der Waals surface area contributed by atoms with Crippen LogP contribution in [-0.4, -0.2) is 60.3 Å². The third-order valence-electron chi connectivity index (χ3n) is 6.38. The van der Waals surface area contributed by atoms with Gasteiger partial charge in [-0.2, -0.15) is 0 Å². The Morgan fingerprint density at radius 1 is 1.06 bits per heavy atom. The van der Waals surface area contributed by atoms with Crippen LogP contribution in [0, 0.1) is 0 Å². The van der Waals surface area contributed by atoms with Gasteiger partial charge in [-0.25, -0.2) is 4.68 Å². The van der Waals surface area contributed by atoms with Gasteiger partial charge in [0.25, 0.3) is 0 Å². The third-order valence-corrected chi connectivity index (χ3v) is 6.38. The first-order valence-corrected chi connectivity index (χ1v) is 11.1. The minimum absolute atomic E-state index is 0.261. The summed E-state index contributed by atoms with van der Waals surface area (Å²) >= 11 is 0. The van der Waals surface area contributed by atoms with Gasteiger partial charge in [0.2, 0.25) is 12.6 Å². The van der Waals surface area contributed by atoms with Crippen LogP contribution in [0.5, 0.6) is 17.2 Å². The van der Waals surface area contributed by atoms with E-state index in [0.717, 1.165) is 61.2 Å². The Kier molecular flexibility index (Phi) is 5.81. The van der Waals surface area contributed by atoms with Crippen LogP contribution < -0.4 is 24.0 Å². The van der Waals surface area contributed by atoms with Gasteiger partial charge < -0.3 is 24.0 Å². The number of benzene rings is 2. The number of rotatable bonds is 7. The zero-order valence-corrected chi connectivity index (χ0v) is 18.5. The fraction of sp³-hybridized carbons (Fsp3) is 0.435. The number of methoxy groups -OCH3 is 1. The van der Waals surface area contributed by atoms with Crippen LogP contribution in [-0.2, 0) is 6.54 Å². The Labute approximate surface area is 187 Å². The molecule has 2 aliphatic heterocycles. The van der Waals surface area contributed by atoms with E-state index < -0.39 is 0 Å². The lowest BCUT2D eigenvalue weighted by Crippen LogP contribution is -3.15. The van der Waals surface area contributed by atoms with E-state index >= 15 is 0 Å². The van der Waals surface area contributed by atoms with Crippen molar-refractivity contribution in [1.82, 2.24) is 20.2 Å². The van der Waals surface area contributed by atoms with Gasteiger partial charge in [-0.05, 0) is 52.4 Å². The average Bonchev–Trinajstić information content (AvgIpc) is 3.50. The van der Waals surface area contributed by atoms with Crippen LogP contribution in [0.2, 0.25) is 0 Å². The number of piperazine rings is 1. The highest BCUT2D eigenvalue weighted by Crippen LogP contribution is 2.32. The summed E-state index contributed by atoms with van der Waals surface area (Å²) in [6.45, 7) is 7.19. The lowest BCUT2D eigenvalue weighted by molar-refractivity contribution is -0.933. The van der Waals surface area contributed by atoms with Gasteiger partial charge in [-0.3, -0.25) is 0 Å². The molecule has 1 N–H and O–H groups in total. The Bertz CT molecular complexity index is 1050. The highest BCUT2D eigenvalue weighted by Gasteiger charge is 2.31. The summed E-state index contributed by atoms with van der Waals surface area (Å²) in [6.07, 6.45) is 0.985. The minimum atomic E-state index is 0.261. The van der Waals surface area contributed by atoms with E-state index in [1.807, 2.05) is 35.0 Å². The first-order valence-electron chi connectivity index (χ1n) is 11.1. The number of fused-ring (bicyclic) bond motifs is 1. The number of hydrogen-bond donors (Lipinski definition) is 1.